The highest BCUT2D eigenvalue weighted by Crippen LogP contribution is 2.20. The van der Waals surface area contributed by atoms with Crippen LogP contribution in [0.3, 0.4) is 0 Å². The minimum absolute atomic E-state index is 0. The average molecular weight is 480 g/mol. The van der Waals surface area contributed by atoms with Crippen LogP contribution >= 0.6 is 24.0 Å². The second-order valence-electron chi connectivity index (χ2n) is 7.01. The average Bonchev–Trinajstić information content (AvgIpc) is 2.97. The van der Waals surface area contributed by atoms with Crippen molar-refractivity contribution in [2.45, 2.75) is 40.2 Å². The predicted octanol–water partition coefficient (Wildman–Crippen LogP) is 2.55. The summed E-state index contributed by atoms with van der Waals surface area (Å²) in [6.45, 7) is 10.2. The summed E-state index contributed by atoms with van der Waals surface area (Å²) in [4.78, 5) is 16.1. The molecule has 1 heterocycles. The molecular formula is C18H33IN4O3. The number of aryl methyl sites for hydroxylation is 1. The van der Waals surface area contributed by atoms with E-state index >= 15 is 0 Å². The molecule has 1 rings (SSSR count). The first kappa shape index (κ1) is 24.7. The zero-order valence-electron chi connectivity index (χ0n) is 16.6. The SMILES string of the molecule is CN=C(NCCCNC(=O)c1occc1C)NCC(OC)C(C)(C)C.I. The maximum atomic E-state index is 11.9. The van der Waals surface area contributed by atoms with Gasteiger partial charge in [-0.05, 0) is 24.8 Å². The number of guanidine groups is 1. The van der Waals surface area contributed by atoms with E-state index in [1.54, 1.807) is 20.2 Å². The maximum absolute atomic E-state index is 11.9. The molecule has 1 atom stereocenters. The first-order chi connectivity index (χ1) is 11.8. The molecule has 0 bridgehead atoms. The van der Waals surface area contributed by atoms with Crippen LogP contribution < -0.4 is 16.0 Å². The minimum atomic E-state index is -0.182. The molecule has 1 aromatic heterocycles. The fourth-order valence-electron chi connectivity index (χ4n) is 2.34. The molecule has 0 saturated carbocycles. The summed E-state index contributed by atoms with van der Waals surface area (Å²) in [5.74, 6) is 0.913. The first-order valence-electron chi connectivity index (χ1n) is 8.59. The highest BCUT2D eigenvalue weighted by atomic mass is 127. The van der Waals surface area contributed by atoms with Crippen molar-refractivity contribution in [2.75, 3.05) is 33.8 Å². The standard InChI is InChI=1S/C18H32N4O3.HI/c1-13-8-11-25-15(13)16(23)20-9-7-10-21-17(19-5)22-12-14(24-6)18(2,3)4;/h8,11,14H,7,9-10,12H2,1-6H3,(H,20,23)(H2,19,21,22);1H. The van der Waals surface area contributed by atoms with Gasteiger partial charge in [0.2, 0.25) is 0 Å². The van der Waals surface area contributed by atoms with E-state index in [2.05, 4.69) is 41.7 Å². The zero-order valence-corrected chi connectivity index (χ0v) is 19.0. The number of nitrogens with zero attached hydrogens (tertiary/aromatic N) is 1. The molecule has 0 aliphatic heterocycles. The van der Waals surface area contributed by atoms with Gasteiger partial charge < -0.3 is 25.1 Å². The molecule has 0 spiro atoms. The maximum Gasteiger partial charge on any atom is 0.287 e. The number of hydrogen-bond acceptors (Lipinski definition) is 4. The number of furan rings is 1. The number of rotatable bonds is 8. The van der Waals surface area contributed by atoms with Crippen molar-refractivity contribution in [3.8, 4) is 0 Å². The molecule has 26 heavy (non-hydrogen) atoms. The van der Waals surface area contributed by atoms with Gasteiger partial charge in [-0.15, -0.1) is 24.0 Å². The Morgan fingerprint density at radius 2 is 1.92 bits per heavy atom. The van der Waals surface area contributed by atoms with Crippen molar-refractivity contribution in [1.29, 1.82) is 0 Å². The Labute approximate surface area is 173 Å². The fourth-order valence-corrected chi connectivity index (χ4v) is 2.34. The van der Waals surface area contributed by atoms with Crippen molar-refractivity contribution < 1.29 is 13.9 Å². The van der Waals surface area contributed by atoms with Gasteiger partial charge in [-0.1, -0.05) is 20.8 Å². The monoisotopic (exact) mass is 480 g/mol. The van der Waals surface area contributed by atoms with Gasteiger partial charge in [0.1, 0.15) is 0 Å². The van der Waals surface area contributed by atoms with Crippen LogP contribution in [0.25, 0.3) is 0 Å². The predicted molar refractivity (Wildman–Crippen MR) is 115 cm³/mol. The van der Waals surface area contributed by atoms with E-state index < -0.39 is 0 Å². The van der Waals surface area contributed by atoms with E-state index in [1.165, 1.54) is 6.26 Å². The van der Waals surface area contributed by atoms with Crippen LogP contribution in [-0.4, -0.2) is 51.8 Å². The highest BCUT2D eigenvalue weighted by molar-refractivity contribution is 14.0. The van der Waals surface area contributed by atoms with E-state index in [4.69, 9.17) is 9.15 Å². The topological polar surface area (TPSA) is 87.9 Å². The van der Waals surface area contributed by atoms with Crippen LogP contribution in [0.2, 0.25) is 0 Å². The second-order valence-corrected chi connectivity index (χ2v) is 7.01. The lowest BCUT2D eigenvalue weighted by Crippen LogP contribution is -2.45. The molecule has 0 saturated heterocycles. The Morgan fingerprint density at radius 1 is 1.27 bits per heavy atom. The fraction of sp³-hybridized carbons (Fsp3) is 0.667. The molecule has 3 N–H and O–H groups in total. The summed E-state index contributed by atoms with van der Waals surface area (Å²) < 4.78 is 10.7. The summed E-state index contributed by atoms with van der Waals surface area (Å²) >= 11 is 0. The molecule has 150 valence electrons. The van der Waals surface area contributed by atoms with Crippen LogP contribution in [0.4, 0.5) is 0 Å². The number of carbonyl (C=O) groups is 1. The Bertz CT molecular complexity index is 567. The lowest BCUT2D eigenvalue weighted by Gasteiger charge is -2.30. The van der Waals surface area contributed by atoms with Crippen molar-refractivity contribution in [3.05, 3.63) is 23.7 Å². The van der Waals surface area contributed by atoms with Gasteiger partial charge in [-0.3, -0.25) is 9.79 Å². The summed E-state index contributed by atoms with van der Waals surface area (Å²) in [6.07, 6.45) is 2.38. The minimum Gasteiger partial charge on any atom is -0.459 e. The van der Waals surface area contributed by atoms with Gasteiger partial charge in [-0.25, -0.2) is 0 Å². The second kappa shape index (κ2) is 12.2. The van der Waals surface area contributed by atoms with Crippen LogP contribution in [0, 0.1) is 12.3 Å². The molecule has 8 heteroatoms. The van der Waals surface area contributed by atoms with Crippen molar-refractivity contribution in [1.82, 2.24) is 16.0 Å². The molecule has 1 amide bonds. The van der Waals surface area contributed by atoms with Crippen molar-refractivity contribution in [3.63, 3.8) is 0 Å². The van der Waals surface area contributed by atoms with E-state index in [9.17, 15) is 4.79 Å². The lowest BCUT2D eigenvalue weighted by atomic mass is 9.89. The number of ether oxygens (including phenoxy) is 1. The number of hydrogen-bond donors (Lipinski definition) is 3. The largest absolute Gasteiger partial charge is 0.459 e. The van der Waals surface area contributed by atoms with Gasteiger partial charge in [-0.2, -0.15) is 0 Å². The van der Waals surface area contributed by atoms with Crippen molar-refractivity contribution in [2.24, 2.45) is 10.4 Å². The van der Waals surface area contributed by atoms with Crippen LogP contribution in [0.5, 0.6) is 0 Å². The molecule has 0 aliphatic rings. The molecule has 7 nitrogen and oxygen atoms in total. The van der Waals surface area contributed by atoms with Gasteiger partial charge in [0.15, 0.2) is 11.7 Å². The summed E-state index contributed by atoms with van der Waals surface area (Å²) in [5, 5.41) is 9.34. The Kier molecular flexibility index (Phi) is 11.6. The van der Waals surface area contributed by atoms with Crippen LogP contribution in [-0.2, 0) is 4.74 Å². The number of carbonyl (C=O) groups excluding carboxylic acids is 1. The van der Waals surface area contributed by atoms with Crippen LogP contribution in [0.1, 0.15) is 43.3 Å². The van der Waals surface area contributed by atoms with Crippen LogP contribution in [0.15, 0.2) is 21.7 Å². The van der Waals surface area contributed by atoms with Gasteiger partial charge >= 0.3 is 0 Å². The molecule has 0 aromatic carbocycles. The normalized spacial score (nSPS) is 12.9. The number of halogens is 1. The molecule has 1 unspecified atom stereocenters. The van der Waals surface area contributed by atoms with Gasteiger partial charge in [0, 0.05) is 39.4 Å². The number of nitrogens with one attached hydrogen (secondary N) is 3. The number of methoxy groups -OCH3 is 1. The zero-order chi connectivity index (χ0) is 18.9. The third kappa shape index (κ3) is 8.39. The molecular weight excluding hydrogens is 447 g/mol. The smallest absolute Gasteiger partial charge is 0.287 e. The molecule has 1 aromatic rings. The first-order valence-corrected chi connectivity index (χ1v) is 8.59. The van der Waals surface area contributed by atoms with Gasteiger partial charge in [0.25, 0.3) is 5.91 Å². The quantitative estimate of drug-likeness (QED) is 0.231. The number of aliphatic imine (C=N–C) groups is 1. The number of amides is 1. The Hall–Kier alpha value is -1.29. The third-order valence-corrected chi connectivity index (χ3v) is 3.93. The van der Waals surface area contributed by atoms with Crippen molar-refractivity contribution >= 4 is 35.8 Å². The van der Waals surface area contributed by atoms with Gasteiger partial charge in [0.05, 0.1) is 12.4 Å². The molecule has 0 aliphatic carbocycles. The summed E-state index contributed by atoms with van der Waals surface area (Å²) in [7, 11) is 3.45. The highest BCUT2D eigenvalue weighted by Gasteiger charge is 2.24. The van der Waals surface area contributed by atoms with E-state index in [0.29, 0.717) is 25.4 Å². The molecule has 0 radical (unpaired) electrons. The Balaban J connectivity index is 0.00000625. The summed E-state index contributed by atoms with van der Waals surface area (Å²) in [6, 6.07) is 1.77. The summed E-state index contributed by atoms with van der Waals surface area (Å²) in [5.41, 5.74) is 0.890. The van der Waals surface area contributed by atoms with E-state index in [1.807, 2.05) is 6.92 Å². The molecule has 0 fully saturated rings. The lowest BCUT2D eigenvalue weighted by molar-refractivity contribution is 0.0205. The van der Waals surface area contributed by atoms with E-state index in [0.717, 1.165) is 17.9 Å². The third-order valence-electron chi connectivity index (χ3n) is 3.93. The van der Waals surface area contributed by atoms with E-state index in [-0.39, 0.29) is 41.4 Å². The Morgan fingerprint density at radius 3 is 2.42 bits per heavy atom.